The van der Waals surface area contributed by atoms with Crippen LogP contribution in [-0.4, -0.2) is 11.7 Å². The van der Waals surface area contributed by atoms with Crippen molar-refractivity contribution in [1.29, 1.82) is 0 Å². The Morgan fingerprint density at radius 3 is 0.917 bits per heavy atom. The van der Waals surface area contributed by atoms with Crippen molar-refractivity contribution in [2.24, 2.45) is 9.98 Å². The second-order valence-electron chi connectivity index (χ2n) is 18.1. The quantitative estimate of drug-likeness (QED) is 0.138. The van der Waals surface area contributed by atoms with Crippen molar-refractivity contribution in [2.45, 2.75) is 6.17 Å². The maximum Gasteiger partial charge on any atom is 0.159 e. The van der Waals surface area contributed by atoms with E-state index in [1.165, 1.54) is 27.8 Å². The summed E-state index contributed by atoms with van der Waals surface area (Å²) in [6.45, 7) is 0. The van der Waals surface area contributed by atoms with Crippen LogP contribution >= 0.6 is 0 Å². The Balaban J connectivity index is 1.08. The molecule has 0 spiro atoms. The second-order valence-corrected chi connectivity index (χ2v) is 18.1. The molecule has 11 aromatic rings. The summed E-state index contributed by atoms with van der Waals surface area (Å²) in [5.41, 5.74) is 21.4. The Morgan fingerprint density at radius 2 is 0.528 bits per heavy atom. The van der Waals surface area contributed by atoms with Gasteiger partial charge in [0, 0.05) is 11.1 Å². The van der Waals surface area contributed by atoms with E-state index in [9.17, 15) is 0 Å². The third-order valence-electron chi connectivity index (χ3n) is 13.5. The molecule has 3 nitrogen and oxygen atoms in total. The summed E-state index contributed by atoms with van der Waals surface area (Å²) in [6.07, 6.45) is -0.391. The lowest BCUT2D eigenvalue weighted by atomic mass is 9.74. The molecular formula is C69H49N3. The Kier molecular flexibility index (Phi) is 12.1. The van der Waals surface area contributed by atoms with E-state index in [1.807, 2.05) is 0 Å². The van der Waals surface area contributed by atoms with Crippen molar-refractivity contribution in [3.8, 4) is 89.0 Å². The number of rotatable bonds is 11. The molecule has 1 N–H and O–H groups in total. The number of benzene rings is 11. The van der Waals surface area contributed by atoms with E-state index in [4.69, 9.17) is 9.98 Å². The van der Waals surface area contributed by atoms with Crippen molar-refractivity contribution < 1.29 is 0 Å². The van der Waals surface area contributed by atoms with Gasteiger partial charge in [0.15, 0.2) is 5.84 Å². The summed E-state index contributed by atoms with van der Waals surface area (Å²) in [5, 5.41) is 3.79. The molecule has 0 saturated carbocycles. The number of nitrogens with one attached hydrogen (secondary N) is 1. The van der Waals surface area contributed by atoms with Crippen molar-refractivity contribution in [3.63, 3.8) is 0 Å². The average Bonchev–Trinajstić information content (AvgIpc) is 3.48. The smallest absolute Gasteiger partial charge is 0.159 e. The van der Waals surface area contributed by atoms with Crippen LogP contribution in [0.3, 0.4) is 0 Å². The fourth-order valence-electron chi connectivity index (χ4n) is 10.2. The molecular weight excluding hydrogens is 871 g/mol. The topological polar surface area (TPSA) is 36.8 Å². The van der Waals surface area contributed by atoms with Gasteiger partial charge in [-0.25, -0.2) is 9.98 Å². The lowest BCUT2D eigenvalue weighted by Crippen LogP contribution is -2.33. The molecule has 1 aliphatic rings. The van der Waals surface area contributed by atoms with Crippen LogP contribution in [0.15, 0.2) is 295 Å². The number of hydrogen-bond donors (Lipinski definition) is 1. The molecule has 1 atom stereocenters. The Bertz CT molecular complexity index is 3600. The van der Waals surface area contributed by atoms with Gasteiger partial charge >= 0.3 is 0 Å². The summed E-state index contributed by atoms with van der Waals surface area (Å²) in [4.78, 5) is 10.7. The van der Waals surface area contributed by atoms with Crippen LogP contribution in [-0.2, 0) is 0 Å². The van der Waals surface area contributed by atoms with Gasteiger partial charge in [-0.2, -0.15) is 0 Å². The third-order valence-corrected chi connectivity index (χ3v) is 13.5. The highest BCUT2D eigenvalue weighted by atomic mass is 15.2. The summed E-state index contributed by atoms with van der Waals surface area (Å²) >= 11 is 0. The van der Waals surface area contributed by atoms with E-state index in [-0.39, 0.29) is 0 Å². The number of nitrogens with zero attached hydrogens (tertiary/aromatic N) is 2. The largest absolute Gasteiger partial charge is 0.344 e. The molecule has 72 heavy (non-hydrogen) atoms. The summed E-state index contributed by atoms with van der Waals surface area (Å²) in [6, 6.07) is 102. The number of amidine groups is 2. The standard InChI is InChI=1S/C69H49N3/c1-8-24-48(25-9-1)57-38-22-40-59(46-57)68-70-67(71-69(72-68)60-41-23-39-58(47-60)49-26-10-2-11-27-49)56-44-42-55(43-45-56)66-64(53-34-18-6-19-35-53)62(51-30-14-4-15-31-51)61(50-28-12-3-13-29-50)63(52-32-16-5-17-33-52)65(66)54-36-20-7-21-37-54/h1-47,68H,(H,70,71,72). The summed E-state index contributed by atoms with van der Waals surface area (Å²) in [7, 11) is 0. The van der Waals surface area contributed by atoms with Crippen molar-refractivity contribution in [1.82, 2.24) is 5.32 Å². The Morgan fingerprint density at radius 1 is 0.236 bits per heavy atom. The number of aliphatic imine (C=N–C) groups is 2. The highest BCUT2D eigenvalue weighted by molar-refractivity contribution is 6.16. The van der Waals surface area contributed by atoms with Gasteiger partial charge in [0.25, 0.3) is 0 Å². The van der Waals surface area contributed by atoms with Crippen molar-refractivity contribution in [3.05, 3.63) is 302 Å². The maximum atomic E-state index is 5.35. The van der Waals surface area contributed by atoms with Gasteiger partial charge in [-0.15, -0.1) is 0 Å². The van der Waals surface area contributed by atoms with Crippen molar-refractivity contribution in [2.75, 3.05) is 0 Å². The third kappa shape index (κ3) is 8.76. The minimum absolute atomic E-state index is 0.391. The van der Waals surface area contributed by atoms with Gasteiger partial charge < -0.3 is 5.32 Å². The van der Waals surface area contributed by atoms with E-state index >= 15 is 0 Å². The molecule has 3 heteroatoms. The zero-order chi connectivity index (χ0) is 48.1. The summed E-state index contributed by atoms with van der Waals surface area (Å²) < 4.78 is 0. The first-order valence-electron chi connectivity index (χ1n) is 24.6. The fraction of sp³-hybridized carbons (Fsp3) is 0.0145. The van der Waals surface area contributed by atoms with Crippen LogP contribution in [0.4, 0.5) is 0 Å². The first-order valence-corrected chi connectivity index (χ1v) is 24.6. The highest BCUT2D eigenvalue weighted by Gasteiger charge is 2.29. The van der Waals surface area contributed by atoms with Gasteiger partial charge in [-0.1, -0.05) is 273 Å². The summed E-state index contributed by atoms with van der Waals surface area (Å²) in [5.74, 6) is 1.43. The molecule has 1 aliphatic heterocycles. The van der Waals surface area contributed by atoms with E-state index in [0.29, 0.717) is 5.84 Å². The van der Waals surface area contributed by atoms with E-state index in [0.717, 1.165) is 83.7 Å². The second kappa shape index (κ2) is 19.9. The zero-order valence-electron chi connectivity index (χ0n) is 39.6. The number of hydrogen-bond acceptors (Lipinski definition) is 3. The molecule has 11 aromatic carbocycles. The molecule has 1 heterocycles. The van der Waals surface area contributed by atoms with Gasteiger partial charge in [0.2, 0.25) is 0 Å². The predicted molar refractivity (Wildman–Crippen MR) is 302 cm³/mol. The van der Waals surface area contributed by atoms with E-state index in [1.54, 1.807) is 0 Å². The van der Waals surface area contributed by atoms with Gasteiger partial charge in [-0.3, -0.25) is 0 Å². The first-order chi connectivity index (χ1) is 35.7. The highest BCUT2D eigenvalue weighted by Crippen LogP contribution is 2.55. The average molecular weight is 920 g/mol. The first kappa shape index (κ1) is 43.8. The molecule has 0 bridgehead atoms. The normalized spacial score (nSPS) is 13.1. The van der Waals surface area contributed by atoms with E-state index < -0.39 is 6.17 Å². The minimum atomic E-state index is -0.391. The van der Waals surface area contributed by atoms with E-state index in [2.05, 4.69) is 290 Å². The van der Waals surface area contributed by atoms with Crippen LogP contribution < -0.4 is 5.32 Å². The Hall–Kier alpha value is -9.44. The lowest BCUT2D eigenvalue weighted by Gasteiger charge is -2.29. The zero-order valence-corrected chi connectivity index (χ0v) is 39.6. The van der Waals surface area contributed by atoms with Crippen LogP contribution in [0.1, 0.15) is 22.9 Å². The van der Waals surface area contributed by atoms with Gasteiger partial charge in [-0.05, 0) is 107 Å². The molecule has 0 aliphatic carbocycles. The van der Waals surface area contributed by atoms with Gasteiger partial charge in [0.05, 0.1) is 0 Å². The van der Waals surface area contributed by atoms with Crippen molar-refractivity contribution >= 4 is 11.7 Å². The molecule has 0 saturated heterocycles. The Labute approximate surface area is 421 Å². The molecule has 0 amide bonds. The van der Waals surface area contributed by atoms with Crippen LogP contribution in [0.2, 0.25) is 0 Å². The lowest BCUT2D eigenvalue weighted by molar-refractivity contribution is 0.674. The van der Waals surface area contributed by atoms with Crippen LogP contribution in [0.5, 0.6) is 0 Å². The molecule has 0 fully saturated rings. The van der Waals surface area contributed by atoms with Gasteiger partial charge in [0.1, 0.15) is 12.0 Å². The molecule has 340 valence electrons. The fourth-order valence-corrected chi connectivity index (χ4v) is 10.2. The minimum Gasteiger partial charge on any atom is -0.344 e. The van der Waals surface area contributed by atoms with Crippen LogP contribution in [0.25, 0.3) is 89.0 Å². The molecule has 0 radical (unpaired) electrons. The predicted octanol–water partition coefficient (Wildman–Crippen LogP) is 17.5. The monoisotopic (exact) mass is 919 g/mol. The molecule has 0 aromatic heterocycles. The SMILES string of the molecule is c1ccc(-c2cccc(C3=NC(c4cccc(-c5ccccc5)c4)NC(c4ccc(-c5c(-c6ccccc6)c(-c6ccccc6)c(-c6ccccc6)c(-c6ccccc6)c5-c5ccccc5)cc4)=N3)c2)cc1. The van der Waals surface area contributed by atoms with Crippen LogP contribution in [0, 0.1) is 0 Å². The molecule has 1 unspecified atom stereocenters. The maximum absolute atomic E-state index is 5.35. The molecule has 12 rings (SSSR count).